The summed E-state index contributed by atoms with van der Waals surface area (Å²) in [6, 6.07) is 2.11. The van der Waals surface area contributed by atoms with E-state index >= 15 is 0 Å². The molecule has 2 nitrogen and oxygen atoms in total. The Hall–Kier alpha value is -0.700. The van der Waals surface area contributed by atoms with Crippen LogP contribution in [0.1, 0.15) is 30.9 Å². The molecule has 17 heavy (non-hydrogen) atoms. The van der Waals surface area contributed by atoms with Gasteiger partial charge in [-0.2, -0.15) is 0 Å². The Balaban J connectivity index is 2.51. The van der Waals surface area contributed by atoms with Gasteiger partial charge in [-0.05, 0) is 59.3 Å². The highest BCUT2D eigenvalue weighted by Gasteiger charge is 2.20. The molecular formula is C14H20BrNO. The second-order valence-electron chi connectivity index (χ2n) is 4.56. The molecule has 1 saturated heterocycles. The predicted molar refractivity (Wildman–Crippen MR) is 76.3 cm³/mol. The summed E-state index contributed by atoms with van der Waals surface area (Å²) in [6.45, 7) is 6.75. The quantitative estimate of drug-likeness (QED) is 0.838. The number of ether oxygens (including phenoxy) is 1. The molecule has 1 heterocycles. The molecular weight excluding hydrogens is 278 g/mol. The maximum atomic E-state index is 5.47. The first-order chi connectivity index (χ1) is 8.19. The number of nitrogens with zero attached hydrogens (tertiary/aromatic N) is 1. The molecule has 0 aromatic heterocycles. The van der Waals surface area contributed by atoms with E-state index in [2.05, 4.69) is 40.7 Å². The Morgan fingerprint density at radius 3 is 2.53 bits per heavy atom. The molecule has 1 aromatic rings. The van der Waals surface area contributed by atoms with E-state index in [-0.39, 0.29) is 0 Å². The topological polar surface area (TPSA) is 12.5 Å². The Bertz CT molecular complexity index is 411. The van der Waals surface area contributed by atoms with E-state index in [0.29, 0.717) is 0 Å². The minimum atomic E-state index is 1.000. The Morgan fingerprint density at radius 1 is 1.35 bits per heavy atom. The zero-order chi connectivity index (χ0) is 12.4. The van der Waals surface area contributed by atoms with Crippen molar-refractivity contribution in [1.82, 2.24) is 0 Å². The molecule has 0 atom stereocenters. The molecule has 0 aliphatic carbocycles. The number of halogens is 1. The van der Waals surface area contributed by atoms with Crippen LogP contribution < -0.4 is 9.64 Å². The SMILES string of the molecule is CCc1c(OC)cc(Br)c(N2CCCC2)c1C. The summed E-state index contributed by atoms with van der Waals surface area (Å²) in [5.41, 5.74) is 4.05. The average molecular weight is 298 g/mol. The van der Waals surface area contributed by atoms with Crippen molar-refractivity contribution in [2.75, 3.05) is 25.1 Å². The fourth-order valence-electron chi connectivity index (χ4n) is 2.73. The van der Waals surface area contributed by atoms with Crippen LogP contribution in [-0.2, 0) is 6.42 Å². The van der Waals surface area contributed by atoms with Crippen molar-refractivity contribution >= 4 is 21.6 Å². The fourth-order valence-corrected chi connectivity index (χ4v) is 3.48. The lowest BCUT2D eigenvalue weighted by Gasteiger charge is -2.24. The molecule has 0 N–H and O–H groups in total. The van der Waals surface area contributed by atoms with Gasteiger partial charge in [0.25, 0.3) is 0 Å². The lowest BCUT2D eigenvalue weighted by atomic mass is 10.0. The molecule has 1 aromatic carbocycles. The molecule has 0 saturated carbocycles. The summed E-state index contributed by atoms with van der Waals surface area (Å²) >= 11 is 3.69. The molecule has 0 unspecified atom stereocenters. The van der Waals surface area contributed by atoms with E-state index < -0.39 is 0 Å². The highest BCUT2D eigenvalue weighted by molar-refractivity contribution is 9.10. The Morgan fingerprint density at radius 2 is 2.00 bits per heavy atom. The Labute approximate surface area is 112 Å². The molecule has 94 valence electrons. The second kappa shape index (κ2) is 5.30. The van der Waals surface area contributed by atoms with Gasteiger partial charge in [0, 0.05) is 17.6 Å². The van der Waals surface area contributed by atoms with Gasteiger partial charge in [-0.1, -0.05) is 6.92 Å². The van der Waals surface area contributed by atoms with E-state index in [1.54, 1.807) is 7.11 Å². The number of methoxy groups -OCH3 is 1. The summed E-state index contributed by atoms with van der Waals surface area (Å²) in [6.07, 6.45) is 3.63. The van der Waals surface area contributed by atoms with Gasteiger partial charge in [0.1, 0.15) is 5.75 Å². The first kappa shape index (κ1) is 12.7. The van der Waals surface area contributed by atoms with Crippen LogP contribution >= 0.6 is 15.9 Å². The highest BCUT2D eigenvalue weighted by Crippen LogP contribution is 2.39. The van der Waals surface area contributed by atoms with Crippen LogP contribution in [0.2, 0.25) is 0 Å². The molecule has 0 radical (unpaired) electrons. The van der Waals surface area contributed by atoms with Crippen LogP contribution in [0, 0.1) is 6.92 Å². The fraction of sp³-hybridized carbons (Fsp3) is 0.571. The molecule has 0 amide bonds. The largest absolute Gasteiger partial charge is 0.496 e. The minimum Gasteiger partial charge on any atom is -0.496 e. The minimum absolute atomic E-state index is 1.000. The molecule has 3 heteroatoms. The zero-order valence-electron chi connectivity index (χ0n) is 10.8. The molecule has 1 fully saturated rings. The van der Waals surface area contributed by atoms with Crippen molar-refractivity contribution in [3.63, 3.8) is 0 Å². The lowest BCUT2D eigenvalue weighted by Crippen LogP contribution is -2.20. The van der Waals surface area contributed by atoms with Crippen molar-refractivity contribution in [3.8, 4) is 5.75 Å². The van der Waals surface area contributed by atoms with Gasteiger partial charge in [0.05, 0.1) is 12.8 Å². The predicted octanol–water partition coefficient (Wildman–Crippen LogP) is 3.93. The van der Waals surface area contributed by atoms with Gasteiger partial charge in [0.2, 0.25) is 0 Å². The van der Waals surface area contributed by atoms with Crippen LogP contribution in [-0.4, -0.2) is 20.2 Å². The van der Waals surface area contributed by atoms with Gasteiger partial charge < -0.3 is 9.64 Å². The van der Waals surface area contributed by atoms with Crippen LogP contribution in [0.5, 0.6) is 5.75 Å². The smallest absolute Gasteiger partial charge is 0.123 e. The summed E-state index contributed by atoms with van der Waals surface area (Å²) in [5, 5.41) is 0. The summed E-state index contributed by atoms with van der Waals surface area (Å²) in [5.74, 6) is 1.000. The van der Waals surface area contributed by atoms with E-state index in [9.17, 15) is 0 Å². The van der Waals surface area contributed by atoms with E-state index in [1.165, 1.54) is 42.7 Å². The Kier molecular flexibility index (Phi) is 3.97. The van der Waals surface area contributed by atoms with Gasteiger partial charge >= 0.3 is 0 Å². The van der Waals surface area contributed by atoms with E-state index in [4.69, 9.17) is 4.74 Å². The lowest BCUT2D eigenvalue weighted by molar-refractivity contribution is 0.409. The average Bonchev–Trinajstić information content (AvgIpc) is 2.82. The van der Waals surface area contributed by atoms with Crippen molar-refractivity contribution < 1.29 is 4.74 Å². The van der Waals surface area contributed by atoms with Crippen molar-refractivity contribution in [2.24, 2.45) is 0 Å². The third kappa shape index (κ3) is 2.30. The van der Waals surface area contributed by atoms with Gasteiger partial charge in [-0.3, -0.25) is 0 Å². The molecule has 1 aliphatic rings. The molecule has 2 rings (SSSR count). The van der Waals surface area contributed by atoms with Crippen molar-refractivity contribution in [2.45, 2.75) is 33.1 Å². The zero-order valence-corrected chi connectivity index (χ0v) is 12.4. The monoisotopic (exact) mass is 297 g/mol. The molecule has 1 aliphatic heterocycles. The summed E-state index contributed by atoms with van der Waals surface area (Å²) in [7, 11) is 1.75. The van der Waals surface area contributed by atoms with Gasteiger partial charge in [0.15, 0.2) is 0 Å². The number of anilines is 1. The summed E-state index contributed by atoms with van der Waals surface area (Å²) < 4.78 is 6.63. The number of benzene rings is 1. The maximum absolute atomic E-state index is 5.47. The number of hydrogen-bond donors (Lipinski definition) is 0. The molecule has 0 spiro atoms. The van der Waals surface area contributed by atoms with Crippen LogP contribution in [0.15, 0.2) is 10.5 Å². The van der Waals surface area contributed by atoms with E-state index in [0.717, 1.165) is 16.6 Å². The maximum Gasteiger partial charge on any atom is 0.123 e. The van der Waals surface area contributed by atoms with Crippen molar-refractivity contribution in [1.29, 1.82) is 0 Å². The van der Waals surface area contributed by atoms with Crippen LogP contribution in [0.25, 0.3) is 0 Å². The highest BCUT2D eigenvalue weighted by atomic mass is 79.9. The van der Waals surface area contributed by atoms with Crippen LogP contribution in [0.3, 0.4) is 0 Å². The third-order valence-electron chi connectivity index (χ3n) is 3.59. The standard InChI is InChI=1S/C14H20BrNO/c1-4-11-10(2)14(16-7-5-6-8-16)12(15)9-13(11)17-3/h9H,4-8H2,1-3H3. The summed E-state index contributed by atoms with van der Waals surface area (Å²) in [4.78, 5) is 2.48. The second-order valence-corrected chi connectivity index (χ2v) is 5.41. The van der Waals surface area contributed by atoms with E-state index in [1.807, 2.05) is 0 Å². The van der Waals surface area contributed by atoms with Crippen molar-refractivity contribution in [3.05, 3.63) is 21.7 Å². The first-order valence-electron chi connectivity index (χ1n) is 6.30. The number of rotatable bonds is 3. The van der Waals surface area contributed by atoms with Gasteiger partial charge in [-0.15, -0.1) is 0 Å². The normalized spacial score (nSPS) is 15.4. The molecule has 0 bridgehead atoms. The first-order valence-corrected chi connectivity index (χ1v) is 7.09. The van der Waals surface area contributed by atoms with Crippen LogP contribution in [0.4, 0.5) is 5.69 Å². The van der Waals surface area contributed by atoms with Gasteiger partial charge in [-0.25, -0.2) is 0 Å². The number of hydrogen-bond acceptors (Lipinski definition) is 2. The third-order valence-corrected chi connectivity index (χ3v) is 4.19.